The van der Waals surface area contributed by atoms with Crippen molar-refractivity contribution in [2.45, 2.75) is 6.42 Å². The van der Waals surface area contributed by atoms with E-state index in [-0.39, 0.29) is 5.75 Å². The predicted molar refractivity (Wildman–Crippen MR) is 71.5 cm³/mol. The van der Waals surface area contributed by atoms with E-state index in [1.165, 1.54) is 0 Å². The maximum absolute atomic E-state index is 11.0. The monoisotopic (exact) mass is 252 g/mol. The van der Waals surface area contributed by atoms with Crippen LogP contribution in [0.2, 0.25) is 0 Å². The van der Waals surface area contributed by atoms with E-state index in [0.717, 1.165) is 23.2 Å². The van der Waals surface area contributed by atoms with E-state index in [1.54, 1.807) is 30.5 Å². The van der Waals surface area contributed by atoms with Gasteiger partial charge >= 0.3 is 0 Å². The number of aldehydes is 1. The zero-order valence-electron chi connectivity index (χ0n) is 10.2. The molecule has 3 aromatic rings. The first-order valence-corrected chi connectivity index (χ1v) is 5.96. The average Bonchev–Trinajstić information content (AvgIpc) is 2.82. The summed E-state index contributed by atoms with van der Waals surface area (Å²) in [6.45, 7) is 0. The maximum atomic E-state index is 11.0. The molecule has 94 valence electrons. The Morgan fingerprint density at radius 3 is 2.95 bits per heavy atom. The largest absolute Gasteiger partial charge is 0.508 e. The number of rotatable bonds is 3. The first kappa shape index (κ1) is 11.5. The Balaban J connectivity index is 2.04. The fourth-order valence-corrected chi connectivity index (χ4v) is 2.18. The van der Waals surface area contributed by atoms with Crippen LogP contribution in [0.15, 0.2) is 48.8 Å². The molecular weight excluding hydrogens is 240 g/mol. The van der Waals surface area contributed by atoms with Crippen LogP contribution in [0, 0.1) is 0 Å². The molecule has 0 bridgehead atoms. The molecule has 0 unspecified atom stereocenters. The molecule has 2 heterocycles. The van der Waals surface area contributed by atoms with Gasteiger partial charge in [0, 0.05) is 18.2 Å². The SMILES string of the molecule is O=Cc1cccn2c(Cc3cccc(O)c3)ncc12. The van der Waals surface area contributed by atoms with Gasteiger partial charge in [-0.1, -0.05) is 12.1 Å². The van der Waals surface area contributed by atoms with E-state index < -0.39 is 0 Å². The van der Waals surface area contributed by atoms with Crippen molar-refractivity contribution in [2.75, 3.05) is 0 Å². The number of fused-ring (bicyclic) bond motifs is 1. The molecule has 0 fully saturated rings. The van der Waals surface area contributed by atoms with Gasteiger partial charge in [-0.05, 0) is 29.8 Å². The van der Waals surface area contributed by atoms with Gasteiger partial charge in [-0.15, -0.1) is 0 Å². The van der Waals surface area contributed by atoms with Crippen LogP contribution in [0.25, 0.3) is 5.52 Å². The van der Waals surface area contributed by atoms with Crippen LogP contribution in [0.3, 0.4) is 0 Å². The lowest BCUT2D eigenvalue weighted by Crippen LogP contribution is -1.97. The number of phenolic OH excluding ortho intramolecular Hbond substituents is 1. The lowest BCUT2D eigenvalue weighted by molar-refractivity contribution is 0.112. The number of carbonyl (C=O) groups is 1. The molecule has 0 radical (unpaired) electrons. The van der Waals surface area contributed by atoms with Crippen LogP contribution in [0.1, 0.15) is 21.7 Å². The third-order valence-corrected chi connectivity index (χ3v) is 3.08. The number of aromatic hydroxyl groups is 1. The number of pyridine rings is 1. The number of hydrogen-bond acceptors (Lipinski definition) is 3. The molecule has 2 aromatic heterocycles. The van der Waals surface area contributed by atoms with Crippen LogP contribution in [0.5, 0.6) is 5.75 Å². The first-order chi connectivity index (χ1) is 9.28. The second-order valence-electron chi connectivity index (χ2n) is 4.36. The van der Waals surface area contributed by atoms with Crippen molar-refractivity contribution in [3.05, 3.63) is 65.7 Å². The van der Waals surface area contributed by atoms with Gasteiger partial charge < -0.3 is 9.51 Å². The molecule has 0 atom stereocenters. The first-order valence-electron chi connectivity index (χ1n) is 5.96. The summed E-state index contributed by atoms with van der Waals surface area (Å²) in [6, 6.07) is 10.7. The highest BCUT2D eigenvalue weighted by Crippen LogP contribution is 2.17. The van der Waals surface area contributed by atoms with Crippen molar-refractivity contribution in [1.29, 1.82) is 0 Å². The van der Waals surface area contributed by atoms with Crippen LogP contribution in [0.4, 0.5) is 0 Å². The fourth-order valence-electron chi connectivity index (χ4n) is 2.18. The minimum absolute atomic E-state index is 0.243. The Morgan fingerprint density at radius 2 is 2.16 bits per heavy atom. The van der Waals surface area contributed by atoms with Gasteiger partial charge in [0.05, 0.1) is 11.7 Å². The zero-order chi connectivity index (χ0) is 13.2. The lowest BCUT2D eigenvalue weighted by atomic mass is 10.1. The highest BCUT2D eigenvalue weighted by atomic mass is 16.3. The molecule has 0 aliphatic carbocycles. The number of aromatic nitrogens is 2. The Bertz CT molecular complexity index is 747. The van der Waals surface area contributed by atoms with E-state index in [2.05, 4.69) is 4.98 Å². The third-order valence-electron chi connectivity index (χ3n) is 3.08. The summed E-state index contributed by atoms with van der Waals surface area (Å²) in [6.07, 6.45) is 5.01. The minimum atomic E-state index is 0.243. The number of nitrogens with zero attached hydrogens (tertiary/aromatic N) is 2. The van der Waals surface area contributed by atoms with Crippen LogP contribution < -0.4 is 0 Å². The Kier molecular flexibility index (Phi) is 2.76. The topological polar surface area (TPSA) is 54.6 Å². The smallest absolute Gasteiger partial charge is 0.152 e. The summed E-state index contributed by atoms with van der Waals surface area (Å²) in [4.78, 5) is 15.3. The molecule has 1 N–H and O–H groups in total. The van der Waals surface area contributed by atoms with Gasteiger partial charge in [-0.3, -0.25) is 4.79 Å². The van der Waals surface area contributed by atoms with Crippen LogP contribution in [-0.2, 0) is 6.42 Å². The van der Waals surface area contributed by atoms with Crippen molar-refractivity contribution in [2.24, 2.45) is 0 Å². The van der Waals surface area contributed by atoms with Crippen molar-refractivity contribution < 1.29 is 9.90 Å². The van der Waals surface area contributed by atoms with E-state index in [1.807, 2.05) is 22.7 Å². The average molecular weight is 252 g/mol. The van der Waals surface area contributed by atoms with E-state index >= 15 is 0 Å². The van der Waals surface area contributed by atoms with Gasteiger partial charge in [-0.2, -0.15) is 0 Å². The third kappa shape index (κ3) is 2.08. The molecule has 4 heteroatoms. The molecule has 3 rings (SSSR count). The minimum Gasteiger partial charge on any atom is -0.508 e. The number of hydrogen-bond donors (Lipinski definition) is 1. The van der Waals surface area contributed by atoms with Gasteiger partial charge in [0.25, 0.3) is 0 Å². The zero-order valence-corrected chi connectivity index (χ0v) is 10.2. The van der Waals surface area contributed by atoms with Crippen molar-refractivity contribution in [3.63, 3.8) is 0 Å². The molecule has 0 saturated heterocycles. The summed E-state index contributed by atoms with van der Waals surface area (Å²) in [5.41, 5.74) is 2.40. The Hall–Kier alpha value is -2.62. The summed E-state index contributed by atoms with van der Waals surface area (Å²) >= 11 is 0. The quantitative estimate of drug-likeness (QED) is 0.728. The predicted octanol–water partition coefficient (Wildman–Crippen LogP) is 2.44. The second-order valence-corrected chi connectivity index (χ2v) is 4.36. The van der Waals surface area contributed by atoms with Crippen molar-refractivity contribution in [3.8, 4) is 5.75 Å². The highest BCUT2D eigenvalue weighted by molar-refractivity contribution is 5.85. The van der Waals surface area contributed by atoms with Gasteiger partial charge in [0.15, 0.2) is 6.29 Å². The molecule has 0 aliphatic heterocycles. The van der Waals surface area contributed by atoms with E-state index in [9.17, 15) is 9.90 Å². The fraction of sp³-hybridized carbons (Fsp3) is 0.0667. The molecule has 0 aliphatic rings. The number of imidazole rings is 1. The molecule has 19 heavy (non-hydrogen) atoms. The number of carbonyl (C=O) groups excluding carboxylic acids is 1. The lowest BCUT2D eigenvalue weighted by Gasteiger charge is -2.03. The second kappa shape index (κ2) is 4.57. The normalized spacial score (nSPS) is 10.7. The summed E-state index contributed by atoms with van der Waals surface area (Å²) < 4.78 is 1.90. The summed E-state index contributed by atoms with van der Waals surface area (Å²) in [5, 5.41) is 9.46. The molecule has 0 saturated carbocycles. The standard InChI is InChI=1S/C15H12N2O2/c18-10-12-4-2-6-17-14(12)9-16-15(17)8-11-3-1-5-13(19)7-11/h1-7,9-10,19H,8H2. The Labute approximate surface area is 110 Å². The van der Waals surface area contributed by atoms with Gasteiger partial charge in [0.2, 0.25) is 0 Å². The van der Waals surface area contributed by atoms with E-state index in [4.69, 9.17) is 0 Å². The highest BCUT2D eigenvalue weighted by Gasteiger charge is 2.07. The van der Waals surface area contributed by atoms with Gasteiger partial charge in [-0.25, -0.2) is 4.98 Å². The van der Waals surface area contributed by atoms with Crippen LogP contribution >= 0.6 is 0 Å². The molecule has 4 nitrogen and oxygen atoms in total. The molecule has 0 spiro atoms. The van der Waals surface area contributed by atoms with Crippen molar-refractivity contribution >= 4 is 11.8 Å². The van der Waals surface area contributed by atoms with E-state index in [0.29, 0.717) is 12.0 Å². The maximum Gasteiger partial charge on any atom is 0.152 e. The van der Waals surface area contributed by atoms with Crippen molar-refractivity contribution in [1.82, 2.24) is 9.38 Å². The number of phenols is 1. The van der Waals surface area contributed by atoms with Gasteiger partial charge in [0.1, 0.15) is 11.6 Å². The number of benzene rings is 1. The summed E-state index contributed by atoms with van der Waals surface area (Å²) in [5.74, 6) is 1.08. The summed E-state index contributed by atoms with van der Waals surface area (Å²) in [7, 11) is 0. The molecule has 1 aromatic carbocycles. The molecular formula is C15H12N2O2. The Morgan fingerprint density at radius 1 is 1.26 bits per heavy atom. The molecule has 0 amide bonds. The van der Waals surface area contributed by atoms with Crippen LogP contribution in [-0.4, -0.2) is 20.8 Å².